The van der Waals surface area contributed by atoms with Crippen LogP contribution in [0.1, 0.15) is 30.9 Å². The highest BCUT2D eigenvalue weighted by Crippen LogP contribution is 2.28. The molecule has 0 saturated carbocycles. The summed E-state index contributed by atoms with van der Waals surface area (Å²) in [6.07, 6.45) is 2.36. The van der Waals surface area contributed by atoms with Gasteiger partial charge in [0.25, 0.3) is 0 Å². The summed E-state index contributed by atoms with van der Waals surface area (Å²) >= 11 is 0. The number of unbranched alkanes of at least 4 members (excludes halogenated alkanes) is 1. The molecule has 0 amide bonds. The first-order valence-electron chi connectivity index (χ1n) is 7.97. The number of halogens is 1. The Kier molecular flexibility index (Phi) is 6.88. The molecular formula is C19H24FNO2. The Labute approximate surface area is 137 Å². The van der Waals surface area contributed by atoms with Crippen molar-refractivity contribution >= 4 is 0 Å². The Bertz CT molecular complexity index is 599. The molecule has 0 saturated heterocycles. The fourth-order valence-electron chi connectivity index (χ4n) is 2.22. The van der Waals surface area contributed by atoms with E-state index in [-0.39, 0.29) is 5.82 Å². The van der Waals surface area contributed by atoms with Crippen molar-refractivity contribution < 1.29 is 13.9 Å². The number of rotatable bonds is 9. The molecule has 0 aliphatic rings. The van der Waals surface area contributed by atoms with Crippen molar-refractivity contribution in [3.05, 3.63) is 59.4 Å². The lowest BCUT2D eigenvalue weighted by Gasteiger charge is -2.13. The summed E-state index contributed by atoms with van der Waals surface area (Å²) in [5.41, 5.74) is 2.07. The van der Waals surface area contributed by atoms with Gasteiger partial charge < -0.3 is 14.8 Å². The van der Waals surface area contributed by atoms with Crippen LogP contribution in [0.15, 0.2) is 42.5 Å². The lowest BCUT2D eigenvalue weighted by atomic mass is 10.2. The Morgan fingerprint density at radius 1 is 1.00 bits per heavy atom. The van der Waals surface area contributed by atoms with E-state index < -0.39 is 0 Å². The summed E-state index contributed by atoms with van der Waals surface area (Å²) in [5.74, 6) is 1.15. The van der Waals surface area contributed by atoms with Crippen LogP contribution in [0.4, 0.5) is 4.39 Å². The molecule has 4 heteroatoms. The number of nitrogens with one attached hydrogen (secondary N) is 1. The average molecular weight is 317 g/mol. The molecule has 1 N–H and O–H groups in total. The van der Waals surface area contributed by atoms with E-state index in [1.165, 1.54) is 25.0 Å². The van der Waals surface area contributed by atoms with Gasteiger partial charge in [0.2, 0.25) is 0 Å². The molecule has 0 bridgehead atoms. The third-order valence-corrected chi connectivity index (χ3v) is 3.57. The van der Waals surface area contributed by atoms with Gasteiger partial charge in [0.1, 0.15) is 12.4 Å². The van der Waals surface area contributed by atoms with Crippen LogP contribution < -0.4 is 14.8 Å². The number of methoxy groups -OCH3 is 1. The largest absolute Gasteiger partial charge is 0.493 e. The zero-order valence-corrected chi connectivity index (χ0v) is 13.8. The average Bonchev–Trinajstić information content (AvgIpc) is 2.58. The number of ether oxygens (including phenoxy) is 2. The van der Waals surface area contributed by atoms with Crippen molar-refractivity contribution in [1.29, 1.82) is 0 Å². The van der Waals surface area contributed by atoms with Crippen LogP contribution >= 0.6 is 0 Å². The molecule has 0 fully saturated rings. The summed E-state index contributed by atoms with van der Waals surface area (Å²) in [6.45, 7) is 4.39. The van der Waals surface area contributed by atoms with Gasteiger partial charge in [0, 0.05) is 6.54 Å². The molecule has 0 spiro atoms. The molecule has 0 aliphatic carbocycles. The van der Waals surface area contributed by atoms with Crippen LogP contribution in [0.2, 0.25) is 0 Å². The Balaban J connectivity index is 1.94. The molecule has 0 radical (unpaired) electrons. The fourth-order valence-corrected chi connectivity index (χ4v) is 2.22. The number of hydrogen-bond acceptors (Lipinski definition) is 3. The van der Waals surface area contributed by atoms with Gasteiger partial charge in [-0.15, -0.1) is 0 Å². The standard InChI is InChI=1S/C19H24FNO2/c1-3-4-11-21-13-16-7-10-18(19(12-16)22-2)23-14-15-5-8-17(20)9-6-15/h5-10,12,21H,3-4,11,13-14H2,1-2H3. The van der Waals surface area contributed by atoms with Crippen molar-refractivity contribution in [1.82, 2.24) is 5.32 Å². The highest BCUT2D eigenvalue weighted by Gasteiger charge is 2.06. The predicted molar refractivity (Wildman–Crippen MR) is 90.3 cm³/mol. The van der Waals surface area contributed by atoms with E-state index in [9.17, 15) is 4.39 Å². The van der Waals surface area contributed by atoms with Gasteiger partial charge in [-0.1, -0.05) is 31.5 Å². The maximum atomic E-state index is 12.9. The Morgan fingerprint density at radius 2 is 1.74 bits per heavy atom. The van der Waals surface area contributed by atoms with Crippen LogP contribution in [0, 0.1) is 5.82 Å². The molecule has 0 heterocycles. The van der Waals surface area contributed by atoms with E-state index >= 15 is 0 Å². The van der Waals surface area contributed by atoms with E-state index in [1.54, 1.807) is 19.2 Å². The minimum Gasteiger partial charge on any atom is -0.493 e. The van der Waals surface area contributed by atoms with Crippen molar-refractivity contribution in [3.63, 3.8) is 0 Å². The van der Waals surface area contributed by atoms with Crippen LogP contribution in [0.25, 0.3) is 0 Å². The highest BCUT2D eigenvalue weighted by atomic mass is 19.1. The molecule has 2 aromatic carbocycles. The second-order valence-electron chi connectivity index (χ2n) is 5.43. The zero-order valence-electron chi connectivity index (χ0n) is 13.8. The molecule has 0 aliphatic heterocycles. The van der Waals surface area contributed by atoms with Gasteiger partial charge in [-0.2, -0.15) is 0 Å². The van der Waals surface area contributed by atoms with Crippen molar-refractivity contribution in [2.45, 2.75) is 32.9 Å². The van der Waals surface area contributed by atoms with Gasteiger partial charge in [-0.3, -0.25) is 0 Å². The second-order valence-corrected chi connectivity index (χ2v) is 5.43. The first-order valence-corrected chi connectivity index (χ1v) is 7.97. The van der Waals surface area contributed by atoms with Crippen LogP contribution in [0.5, 0.6) is 11.5 Å². The molecule has 3 nitrogen and oxygen atoms in total. The quantitative estimate of drug-likeness (QED) is 0.699. The minimum atomic E-state index is -0.244. The Hall–Kier alpha value is -2.07. The number of benzene rings is 2. The van der Waals surface area contributed by atoms with Gasteiger partial charge in [-0.25, -0.2) is 4.39 Å². The highest BCUT2D eigenvalue weighted by molar-refractivity contribution is 5.43. The molecule has 23 heavy (non-hydrogen) atoms. The molecule has 0 atom stereocenters. The summed E-state index contributed by atoms with van der Waals surface area (Å²) in [6, 6.07) is 12.2. The first kappa shape index (κ1) is 17.3. The third kappa shape index (κ3) is 5.57. The summed E-state index contributed by atoms with van der Waals surface area (Å²) < 4.78 is 24.1. The molecule has 2 rings (SSSR count). The molecule has 2 aromatic rings. The van der Waals surface area contributed by atoms with Crippen LogP contribution in [0.3, 0.4) is 0 Å². The van der Waals surface area contributed by atoms with Gasteiger partial charge in [0.05, 0.1) is 7.11 Å². The van der Waals surface area contributed by atoms with E-state index in [1.807, 2.05) is 18.2 Å². The molecule has 0 unspecified atom stereocenters. The zero-order chi connectivity index (χ0) is 16.5. The van der Waals surface area contributed by atoms with Crippen molar-refractivity contribution in [2.24, 2.45) is 0 Å². The lowest BCUT2D eigenvalue weighted by molar-refractivity contribution is 0.284. The number of hydrogen-bond donors (Lipinski definition) is 1. The second kappa shape index (κ2) is 9.16. The molecular weight excluding hydrogens is 293 g/mol. The van der Waals surface area contributed by atoms with Crippen molar-refractivity contribution in [2.75, 3.05) is 13.7 Å². The van der Waals surface area contributed by atoms with E-state index in [0.717, 1.165) is 24.2 Å². The molecule has 0 aromatic heterocycles. The summed E-state index contributed by atoms with van der Waals surface area (Å²) in [7, 11) is 1.63. The topological polar surface area (TPSA) is 30.5 Å². The maximum absolute atomic E-state index is 12.9. The fraction of sp³-hybridized carbons (Fsp3) is 0.368. The summed E-state index contributed by atoms with van der Waals surface area (Å²) in [4.78, 5) is 0. The SMILES string of the molecule is CCCCNCc1ccc(OCc2ccc(F)cc2)c(OC)c1. The van der Waals surface area contributed by atoms with E-state index in [4.69, 9.17) is 9.47 Å². The maximum Gasteiger partial charge on any atom is 0.161 e. The normalized spacial score (nSPS) is 10.6. The van der Waals surface area contributed by atoms with Gasteiger partial charge in [-0.05, 0) is 48.4 Å². The van der Waals surface area contributed by atoms with E-state index in [0.29, 0.717) is 18.1 Å². The van der Waals surface area contributed by atoms with Gasteiger partial charge in [0.15, 0.2) is 11.5 Å². The molecule has 124 valence electrons. The van der Waals surface area contributed by atoms with E-state index in [2.05, 4.69) is 12.2 Å². The van der Waals surface area contributed by atoms with Gasteiger partial charge >= 0.3 is 0 Å². The van der Waals surface area contributed by atoms with Crippen LogP contribution in [-0.4, -0.2) is 13.7 Å². The first-order chi connectivity index (χ1) is 11.2. The summed E-state index contributed by atoms with van der Waals surface area (Å²) in [5, 5.41) is 3.40. The Morgan fingerprint density at radius 3 is 2.43 bits per heavy atom. The third-order valence-electron chi connectivity index (χ3n) is 3.57. The van der Waals surface area contributed by atoms with Crippen LogP contribution in [-0.2, 0) is 13.2 Å². The minimum absolute atomic E-state index is 0.244. The smallest absolute Gasteiger partial charge is 0.161 e. The lowest BCUT2D eigenvalue weighted by Crippen LogP contribution is -2.14. The monoisotopic (exact) mass is 317 g/mol. The predicted octanol–water partition coefficient (Wildman–Crippen LogP) is 4.30. The van der Waals surface area contributed by atoms with Crippen molar-refractivity contribution in [3.8, 4) is 11.5 Å².